The van der Waals surface area contributed by atoms with Gasteiger partial charge in [-0.2, -0.15) is 0 Å². The molecule has 0 rings (SSSR count). The summed E-state index contributed by atoms with van der Waals surface area (Å²) in [6, 6.07) is 0. The van der Waals surface area contributed by atoms with Crippen LogP contribution < -0.4 is 0 Å². The first kappa shape index (κ1) is 31.9. The first-order valence-electron chi connectivity index (χ1n) is 12.0. The molecule has 0 aliphatic carbocycles. The highest BCUT2D eigenvalue weighted by atomic mass is 31.1. The third kappa shape index (κ3) is 14.2. The Morgan fingerprint density at radius 1 is 0.562 bits per heavy atom. The number of hydrogen-bond acceptors (Lipinski definition) is 9. The molecule has 0 aliphatic heterocycles. The third-order valence-corrected chi connectivity index (χ3v) is 6.87. The summed E-state index contributed by atoms with van der Waals surface area (Å²) in [4.78, 5) is 4.16. The molecule has 0 radical (unpaired) electrons. The quantitative estimate of drug-likeness (QED) is 0.104. The van der Waals surface area contributed by atoms with E-state index < -0.39 is 19.7 Å². The zero-order chi connectivity index (χ0) is 24.5. The van der Waals surface area contributed by atoms with Crippen LogP contribution in [0.2, 0.25) is 0 Å². The van der Waals surface area contributed by atoms with Crippen LogP contribution in [0.1, 0.15) is 79.1 Å². The lowest BCUT2D eigenvalue weighted by Crippen LogP contribution is -2.48. The molecule has 0 aliphatic rings. The lowest BCUT2D eigenvalue weighted by Gasteiger charge is -2.41. The molecule has 0 bridgehead atoms. The summed E-state index contributed by atoms with van der Waals surface area (Å²) in [6.07, 6.45) is 5.89. The minimum atomic E-state index is -2.84. The van der Waals surface area contributed by atoms with Crippen LogP contribution in [-0.4, -0.2) is 94.3 Å². The third-order valence-electron chi connectivity index (χ3n) is 5.53. The molecule has 0 aromatic carbocycles. The van der Waals surface area contributed by atoms with Crippen molar-refractivity contribution < 1.29 is 34.0 Å². The van der Waals surface area contributed by atoms with Crippen LogP contribution in [0.4, 0.5) is 0 Å². The molecule has 0 fully saturated rings. The van der Waals surface area contributed by atoms with Crippen LogP contribution in [0, 0.1) is 0 Å². The highest BCUT2D eigenvalue weighted by Crippen LogP contribution is 2.39. The fraction of sp³-hybridized carbons (Fsp3) is 1.00. The minimum absolute atomic E-state index is 0.127. The van der Waals surface area contributed by atoms with Crippen molar-refractivity contribution in [3.8, 4) is 0 Å². The van der Waals surface area contributed by atoms with E-state index >= 15 is 0 Å². The highest BCUT2D eigenvalue weighted by molar-refractivity contribution is 7.33. The van der Waals surface area contributed by atoms with Crippen molar-refractivity contribution in [1.29, 1.82) is 0 Å². The Morgan fingerprint density at radius 3 is 1.03 bits per heavy atom. The van der Waals surface area contributed by atoms with Crippen molar-refractivity contribution in [2.45, 2.75) is 90.5 Å². The highest BCUT2D eigenvalue weighted by Gasteiger charge is 2.34. The molecule has 0 unspecified atom stereocenters. The first-order chi connectivity index (χ1) is 15.1. The molecule has 0 aromatic heterocycles. The van der Waals surface area contributed by atoms with Gasteiger partial charge in [-0.25, -0.2) is 0 Å². The summed E-state index contributed by atoms with van der Waals surface area (Å²) in [5.74, 6) is 0. The lowest BCUT2D eigenvalue weighted by atomic mass is 10.2. The van der Waals surface area contributed by atoms with Crippen LogP contribution in [0.15, 0.2) is 0 Å². The molecule has 9 nitrogen and oxygen atoms in total. The molecule has 0 heterocycles. The molecule has 4 N–H and O–H groups in total. The zero-order valence-corrected chi connectivity index (χ0v) is 21.7. The van der Waals surface area contributed by atoms with Gasteiger partial charge in [0.05, 0.1) is 0 Å². The smallest absolute Gasteiger partial charge is 0.322 e. The van der Waals surface area contributed by atoms with E-state index in [0.717, 1.165) is 25.7 Å². The van der Waals surface area contributed by atoms with Gasteiger partial charge in [-0.15, -0.1) is 0 Å². The fourth-order valence-corrected chi connectivity index (χ4v) is 4.63. The van der Waals surface area contributed by atoms with E-state index in [9.17, 15) is 4.57 Å². The number of aliphatic hydroxyl groups is 4. The first-order valence-corrected chi connectivity index (χ1v) is 13.2. The van der Waals surface area contributed by atoms with Crippen molar-refractivity contribution in [3.63, 3.8) is 0 Å². The Labute approximate surface area is 195 Å². The standard InChI is InChI=1S/C22H49N2O7P/c1-21(2,23(13-5-9-17-25)14-6-10-18-26)30-32(29)31-22(3,4)24(15-7-11-19-27)16-8-12-20-28/h25-28,32H,5-20H2,1-4H3. The second-order valence-corrected chi connectivity index (χ2v) is 9.95. The van der Waals surface area contributed by atoms with Crippen molar-refractivity contribution in [3.05, 3.63) is 0 Å². The van der Waals surface area contributed by atoms with E-state index in [-0.39, 0.29) is 26.4 Å². The van der Waals surface area contributed by atoms with Crippen LogP contribution >= 0.6 is 8.25 Å². The summed E-state index contributed by atoms with van der Waals surface area (Å²) in [5, 5.41) is 36.4. The lowest BCUT2D eigenvalue weighted by molar-refractivity contribution is -0.0968. The van der Waals surface area contributed by atoms with Gasteiger partial charge in [-0.3, -0.25) is 23.4 Å². The van der Waals surface area contributed by atoms with Gasteiger partial charge in [0.25, 0.3) is 0 Å². The number of rotatable bonds is 22. The Kier molecular flexibility index (Phi) is 18.2. The van der Waals surface area contributed by atoms with Gasteiger partial charge in [0, 0.05) is 52.6 Å². The monoisotopic (exact) mass is 484 g/mol. The summed E-state index contributed by atoms with van der Waals surface area (Å²) in [6.45, 7) is 10.7. The Hall–Kier alpha value is -0.0900. The van der Waals surface area contributed by atoms with Gasteiger partial charge in [-0.1, -0.05) is 0 Å². The van der Waals surface area contributed by atoms with Crippen LogP contribution in [0.3, 0.4) is 0 Å². The van der Waals surface area contributed by atoms with Gasteiger partial charge in [0.1, 0.15) is 11.4 Å². The van der Waals surface area contributed by atoms with Gasteiger partial charge in [0.15, 0.2) is 0 Å². The molecule has 10 heteroatoms. The van der Waals surface area contributed by atoms with Crippen molar-refractivity contribution in [2.75, 3.05) is 52.6 Å². The molecule has 0 spiro atoms. The summed E-state index contributed by atoms with van der Waals surface area (Å²) >= 11 is 0. The molecule has 0 saturated heterocycles. The number of nitrogens with zero attached hydrogens (tertiary/aromatic N) is 2. The molecule has 0 atom stereocenters. The van der Waals surface area contributed by atoms with Gasteiger partial charge < -0.3 is 20.4 Å². The zero-order valence-electron chi connectivity index (χ0n) is 20.7. The average Bonchev–Trinajstić information content (AvgIpc) is 2.70. The molecule has 194 valence electrons. The SMILES string of the molecule is CC(C)(O[PH](=O)OC(C)(C)N(CCCCO)CCCCO)N(CCCCO)CCCCO. The summed E-state index contributed by atoms with van der Waals surface area (Å²) in [5.41, 5.74) is -1.65. The minimum Gasteiger partial charge on any atom is -0.396 e. The number of aliphatic hydroxyl groups excluding tert-OH is 4. The van der Waals surface area contributed by atoms with E-state index in [0.29, 0.717) is 51.9 Å². The van der Waals surface area contributed by atoms with Crippen LogP contribution in [0.25, 0.3) is 0 Å². The van der Waals surface area contributed by atoms with Crippen molar-refractivity contribution in [2.24, 2.45) is 0 Å². The molecule has 0 saturated carbocycles. The fourth-order valence-electron chi connectivity index (χ4n) is 3.52. The van der Waals surface area contributed by atoms with E-state index in [4.69, 9.17) is 29.5 Å². The molecule has 0 amide bonds. The molecular weight excluding hydrogens is 435 g/mol. The Bertz CT molecular complexity index is 421. The second-order valence-electron chi connectivity index (χ2n) is 9.04. The van der Waals surface area contributed by atoms with Gasteiger partial charge in [0.2, 0.25) is 0 Å². The van der Waals surface area contributed by atoms with E-state index in [1.54, 1.807) is 0 Å². The van der Waals surface area contributed by atoms with Crippen LogP contribution in [0.5, 0.6) is 0 Å². The predicted octanol–water partition coefficient (Wildman–Crippen LogP) is 2.58. The van der Waals surface area contributed by atoms with Crippen molar-refractivity contribution in [1.82, 2.24) is 9.80 Å². The van der Waals surface area contributed by atoms with E-state index in [1.165, 1.54) is 0 Å². The average molecular weight is 485 g/mol. The maximum Gasteiger partial charge on any atom is 0.322 e. The molecular formula is C22H49N2O7P. The number of unbranched alkanes of at least 4 members (excludes halogenated alkanes) is 4. The normalized spacial score (nSPS) is 13.1. The topological polar surface area (TPSA) is 123 Å². The Morgan fingerprint density at radius 2 is 0.812 bits per heavy atom. The van der Waals surface area contributed by atoms with Gasteiger partial charge >= 0.3 is 8.25 Å². The number of hydrogen-bond donors (Lipinski definition) is 4. The Balaban J connectivity index is 5.08. The predicted molar refractivity (Wildman–Crippen MR) is 128 cm³/mol. The van der Waals surface area contributed by atoms with Crippen molar-refractivity contribution >= 4 is 8.25 Å². The summed E-state index contributed by atoms with van der Waals surface area (Å²) < 4.78 is 24.8. The molecule has 32 heavy (non-hydrogen) atoms. The summed E-state index contributed by atoms with van der Waals surface area (Å²) in [7, 11) is -2.84. The van der Waals surface area contributed by atoms with E-state index in [1.807, 2.05) is 27.7 Å². The van der Waals surface area contributed by atoms with E-state index in [2.05, 4.69) is 9.80 Å². The van der Waals surface area contributed by atoms with Crippen LogP contribution in [-0.2, 0) is 13.6 Å². The molecule has 0 aromatic rings. The van der Waals surface area contributed by atoms with Gasteiger partial charge in [-0.05, 0) is 79.1 Å². The second kappa shape index (κ2) is 18.3. The maximum absolute atomic E-state index is 12.9. The maximum atomic E-state index is 12.9. The largest absolute Gasteiger partial charge is 0.396 e.